The van der Waals surface area contributed by atoms with Gasteiger partial charge in [-0.15, -0.1) is 0 Å². The number of allylic oxidation sites excluding steroid dienone is 1. The number of hydrogen-bond acceptors (Lipinski definition) is 2. The molecule has 11 heavy (non-hydrogen) atoms. The maximum atomic E-state index is 4.54. The molecule has 62 valence electrons. The summed E-state index contributed by atoms with van der Waals surface area (Å²) in [4.78, 5) is 3.86. The third kappa shape index (κ3) is 2.09. The molecule has 0 aromatic rings. The van der Waals surface area contributed by atoms with E-state index in [4.69, 9.17) is 0 Å². The van der Waals surface area contributed by atoms with Gasteiger partial charge in [0.05, 0.1) is 0 Å². The van der Waals surface area contributed by atoms with Gasteiger partial charge in [0.1, 0.15) is 0 Å². The Morgan fingerprint density at radius 1 is 1.73 bits per heavy atom. The molecular formula is C9H15NS. The molecule has 1 aliphatic carbocycles. The fourth-order valence-corrected chi connectivity index (χ4v) is 1.98. The van der Waals surface area contributed by atoms with Crippen LogP contribution in [0.2, 0.25) is 0 Å². The molecule has 0 amide bonds. The predicted octanol–water partition coefficient (Wildman–Crippen LogP) is 2.69. The molecule has 0 radical (unpaired) electrons. The monoisotopic (exact) mass is 169 g/mol. The van der Waals surface area contributed by atoms with Crippen molar-refractivity contribution in [3.8, 4) is 0 Å². The highest BCUT2D eigenvalue weighted by atomic mass is 32.1. The van der Waals surface area contributed by atoms with Crippen LogP contribution in [-0.4, -0.2) is 11.5 Å². The van der Waals surface area contributed by atoms with Crippen LogP contribution in [0.3, 0.4) is 0 Å². The molecule has 1 rings (SSSR count). The molecule has 0 bridgehead atoms. The van der Waals surface area contributed by atoms with Crippen LogP contribution in [0.1, 0.15) is 26.2 Å². The average Bonchev–Trinajstić information content (AvgIpc) is 2.29. The second-order valence-electron chi connectivity index (χ2n) is 3.59. The van der Waals surface area contributed by atoms with Crippen LogP contribution in [0.5, 0.6) is 0 Å². The second kappa shape index (κ2) is 3.02. The fraction of sp³-hybridized carbons (Fsp3) is 0.667. The number of thiol groups is 1. The molecule has 2 atom stereocenters. The van der Waals surface area contributed by atoms with E-state index in [1.807, 2.05) is 0 Å². The van der Waals surface area contributed by atoms with Crippen molar-refractivity contribution < 1.29 is 0 Å². The Morgan fingerprint density at radius 2 is 2.36 bits per heavy atom. The summed E-state index contributed by atoms with van der Waals surface area (Å²) in [5, 5.41) is 0. The number of aliphatic imine (C=N–C) groups is 1. The molecule has 1 saturated carbocycles. The van der Waals surface area contributed by atoms with E-state index in [0.717, 1.165) is 25.0 Å². The predicted molar refractivity (Wildman–Crippen MR) is 53.4 cm³/mol. The van der Waals surface area contributed by atoms with E-state index in [2.05, 4.69) is 37.8 Å². The zero-order valence-electron chi connectivity index (χ0n) is 7.01. The van der Waals surface area contributed by atoms with Crippen molar-refractivity contribution in [2.45, 2.75) is 30.9 Å². The fourth-order valence-electron chi connectivity index (χ4n) is 1.63. The number of rotatable bonds is 2. The minimum absolute atomic E-state index is 0.193. The van der Waals surface area contributed by atoms with E-state index in [0.29, 0.717) is 5.92 Å². The summed E-state index contributed by atoms with van der Waals surface area (Å²) in [6.45, 7) is 9.51. The minimum atomic E-state index is 0.193. The summed E-state index contributed by atoms with van der Waals surface area (Å²) in [5.41, 5.74) is 0.933. The van der Waals surface area contributed by atoms with Crippen LogP contribution in [0, 0.1) is 5.92 Å². The first-order valence-electron chi connectivity index (χ1n) is 3.93. The second-order valence-corrected chi connectivity index (χ2v) is 4.67. The number of nitrogens with zero attached hydrogens (tertiary/aromatic N) is 1. The van der Waals surface area contributed by atoms with E-state index in [-0.39, 0.29) is 4.75 Å². The van der Waals surface area contributed by atoms with Crippen LogP contribution < -0.4 is 0 Å². The Morgan fingerprint density at radius 3 is 2.73 bits per heavy atom. The molecule has 0 aromatic heterocycles. The van der Waals surface area contributed by atoms with Gasteiger partial charge in [-0.2, -0.15) is 12.6 Å². The smallest absolute Gasteiger partial charge is 0.0356 e. The van der Waals surface area contributed by atoms with Gasteiger partial charge in [-0.25, -0.2) is 0 Å². The van der Waals surface area contributed by atoms with E-state index < -0.39 is 0 Å². The van der Waals surface area contributed by atoms with Crippen LogP contribution in [0.25, 0.3) is 0 Å². The Balaban J connectivity index is 2.54. The van der Waals surface area contributed by atoms with Crippen molar-refractivity contribution in [2.24, 2.45) is 10.9 Å². The quantitative estimate of drug-likeness (QED) is 0.482. The summed E-state index contributed by atoms with van der Waals surface area (Å²) >= 11 is 4.54. The topological polar surface area (TPSA) is 12.4 Å². The molecule has 2 heteroatoms. The highest BCUT2D eigenvalue weighted by Crippen LogP contribution is 2.41. The Labute approximate surface area is 74.0 Å². The summed E-state index contributed by atoms with van der Waals surface area (Å²) < 4.78 is 0.193. The zero-order chi connectivity index (χ0) is 8.48. The Bertz CT molecular complexity index is 184. The molecule has 1 aliphatic rings. The third-order valence-corrected chi connectivity index (χ3v) is 2.80. The van der Waals surface area contributed by atoms with Gasteiger partial charge in [-0.3, -0.25) is 4.99 Å². The van der Waals surface area contributed by atoms with Gasteiger partial charge in [0.2, 0.25) is 0 Å². The van der Waals surface area contributed by atoms with Crippen LogP contribution >= 0.6 is 12.6 Å². The summed E-state index contributed by atoms with van der Waals surface area (Å²) in [7, 11) is 0. The molecule has 0 spiro atoms. The SMILES string of the molecule is C=NC(=C)C1CCC(C)(S)C1. The molecule has 1 nitrogen and oxygen atoms in total. The third-order valence-electron chi connectivity index (χ3n) is 2.39. The van der Waals surface area contributed by atoms with Gasteiger partial charge < -0.3 is 0 Å². The largest absolute Gasteiger partial charge is 0.269 e. The van der Waals surface area contributed by atoms with Crippen molar-refractivity contribution in [1.29, 1.82) is 0 Å². The molecule has 0 aliphatic heterocycles. The summed E-state index contributed by atoms with van der Waals surface area (Å²) in [6, 6.07) is 0. The molecule has 0 N–H and O–H groups in total. The lowest BCUT2D eigenvalue weighted by Gasteiger charge is -2.15. The Kier molecular flexibility index (Phi) is 2.43. The minimum Gasteiger partial charge on any atom is -0.269 e. The van der Waals surface area contributed by atoms with Crippen LogP contribution in [0.4, 0.5) is 0 Å². The van der Waals surface area contributed by atoms with Crippen molar-refractivity contribution in [3.63, 3.8) is 0 Å². The molecule has 0 heterocycles. The van der Waals surface area contributed by atoms with E-state index in [9.17, 15) is 0 Å². The highest BCUT2D eigenvalue weighted by molar-refractivity contribution is 7.81. The van der Waals surface area contributed by atoms with Crippen molar-refractivity contribution >= 4 is 19.3 Å². The van der Waals surface area contributed by atoms with Crippen molar-refractivity contribution in [2.75, 3.05) is 0 Å². The van der Waals surface area contributed by atoms with Crippen LogP contribution in [0.15, 0.2) is 17.3 Å². The van der Waals surface area contributed by atoms with E-state index >= 15 is 0 Å². The lowest BCUT2D eigenvalue weighted by Crippen LogP contribution is -2.10. The lowest BCUT2D eigenvalue weighted by atomic mass is 10.0. The Hall–Kier alpha value is -0.240. The maximum Gasteiger partial charge on any atom is 0.0356 e. The molecule has 1 fully saturated rings. The van der Waals surface area contributed by atoms with Crippen molar-refractivity contribution in [1.82, 2.24) is 0 Å². The van der Waals surface area contributed by atoms with Gasteiger partial charge in [0, 0.05) is 16.4 Å². The first-order chi connectivity index (χ1) is 5.05. The lowest BCUT2D eigenvalue weighted by molar-refractivity contribution is 0.608. The van der Waals surface area contributed by atoms with Gasteiger partial charge in [-0.05, 0) is 26.0 Å². The van der Waals surface area contributed by atoms with Gasteiger partial charge in [0.25, 0.3) is 0 Å². The normalized spacial score (nSPS) is 37.1. The molecule has 2 unspecified atom stereocenters. The molecule has 0 aromatic carbocycles. The van der Waals surface area contributed by atoms with E-state index in [1.54, 1.807) is 0 Å². The average molecular weight is 169 g/mol. The van der Waals surface area contributed by atoms with Crippen LogP contribution in [-0.2, 0) is 0 Å². The summed E-state index contributed by atoms with van der Waals surface area (Å²) in [6.07, 6.45) is 3.42. The summed E-state index contributed by atoms with van der Waals surface area (Å²) in [5.74, 6) is 0.523. The highest BCUT2D eigenvalue weighted by Gasteiger charge is 2.32. The van der Waals surface area contributed by atoms with E-state index in [1.165, 1.54) is 0 Å². The number of hydrogen-bond donors (Lipinski definition) is 1. The molecule has 0 saturated heterocycles. The van der Waals surface area contributed by atoms with Crippen molar-refractivity contribution in [3.05, 3.63) is 12.3 Å². The zero-order valence-corrected chi connectivity index (χ0v) is 7.90. The van der Waals surface area contributed by atoms with Gasteiger partial charge in [-0.1, -0.05) is 13.5 Å². The molecular weight excluding hydrogens is 154 g/mol. The standard InChI is InChI=1S/C9H15NS/c1-7(10-3)8-4-5-9(2,11)6-8/h8,11H,1,3-6H2,2H3. The first kappa shape index (κ1) is 8.85. The maximum absolute atomic E-state index is 4.54. The van der Waals surface area contributed by atoms with Gasteiger partial charge in [0.15, 0.2) is 0 Å². The first-order valence-corrected chi connectivity index (χ1v) is 4.38. The van der Waals surface area contributed by atoms with Gasteiger partial charge >= 0.3 is 0 Å².